The highest BCUT2D eigenvalue weighted by Gasteiger charge is 2.05. The average Bonchev–Trinajstić information content (AvgIpc) is 2.29. The number of aromatic nitrogens is 1. The van der Waals surface area contributed by atoms with E-state index in [0.29, 0.717) is 10.9 Å². The topological polar surface area (TPSA) is 26.0 Å². The maximum atomic E-state index is 5.85. The minimum absolute atomic E-state index is 0.676. The van der Waals surface area contributed by atoms with E-state index in [1.165, 1.54) is 0 Å². The predicted octanol–water partition coefficient (Wildman–Crippen LogP) is 3.10. The molecule has 0 aliphatic rings. The summed E-state index contributed by atoms with van der Waals surface area (Å²) >= 11 is 5.85. The van der Waals surface area contributed by atoms with Gasteiger partial charge in [0.1, 0.15) is 5.52 Å². The molecule has 0 saturated heterocycles. The molecule has 12 heavy (non-hydrogen) atoms. The Kier molecular flexibility index (Phi) is 1.58. The smallest absolute Gasteiger partial charge is 0.192 e. The van der Waals surface area contributed by atoms with E-state index in [9.17, 15) is 0 Å². The fraction of sp³-hybridized carbons (Fsp3) is 0.222. The number of oxazole rings is 1. The minimum atomic E-state index is 0.676. The highest BCUT2D eigenvalue weighted by Crippen LogP contribution is 2.23. The van der Waals surface area contributed by atoms with Crippen molar-refractivity contribution in [3.8, 4) is 0 Å². The maximum Gasteiger partial charge on any atom is 0.192 e. The molecule has 0 radical (unpaired) electrons. The lowest BCUT2D eigenvalue weighted by Crippen LogP contribution is -1.74. The number of aryl methyl sites for hydroxylation is 2. The van der Waals surface area contributed by atoms with Crippen LogP contribution in [-0.2, 0) is 0 Å². The lowest BCUT2D eigenvalue weighted by Gasteiger charge is -1.93. The molecule has 0 N–H and O–H groups in total. The predicted molar refractivity (Wildman–Crippen MR) is 48.5 cm³/mol. The quantitative estimate of drug-likeness (QED) is 0.624. The highest BCUT2D eigenvalue weighted by molar-refractivity contribution is 6.31. The third-order valence-electron chi connectivity index (χ3n) is 1.75. The van der Waals surface area contributed by atoms with Gasteiger partial charge in [-0.25, -0.2) is 4.98 Å². The first-order valence-corrected chi connectivity index (χ1v) is 4.08. The first-order valence-electron chi connectivity index (χ1n) is 3.70. The van der Waals surface area contributed by atoms with Crippen LogP contribution in [-0.4, -0.2) is 4.98 Å². The van der Waals surface area contributed by atoms with Crippen LogP contribution >= 0.6 is 11.6 Å². The van der Waals surface area contributed by atoms with Crippen LogP contribution in [0, 0.1) is 13.8 Å². The third kappa shape index (κ3) is 1.08. The highest BCUT2D eigenvalue weighted by atomic mass is 35.5. The van der Waals surface area contributed by atoms with E-state index in [1.54, 1.807) is 6.07 Å². The van der Waals surface area contributed by atoms with E-state index >= 15 is 0 Å². The summed E-state index contributed by atoms with van der Waals surface area (Å²) in [4.78, 5) is 4.18. The van der Waals surface area contributed by atoms with Gasteiger partial charge in [0.15, 0.2) is 11.5 Å². The molecule has 1 aromatic heterocycles. The largest absolute Gasteiger partial charge is 0.441 e. The molecule has 0 aliphatic carbocycles. The molecule has 0 aliphatic heterocycles. The second kappa shape index (κ2) is 2.49. The van der Waals surface area contributed by atoms with Crippen LogP contribution in [0.1, 0.15) is 11.5 Å². The van der Waals surface area contributed by atoms with E-state index in [-0.39, 0.29) is 0 Å². The van der Waals surface area contributed by atoms with Crippen molar-refractivity contribution in [3.63, 3.8) is 0 Å². The number of rotatable bonds is 0. The summed E-state index contributed by atoms with van der Waals surface area (Å²) < 4.78 is 5.38. The number of benzene rings is 1. The number of fused-ring (bicyclic) bond motifs is 1. The summed E-state index contributed by atoms with van der Waals surface area (Å²) in [6.45, 7) is 3.78. The Morgan fingerprint density at radius 2 is 2.08 bits per heavy atom. The van der Waals surface area contributed by atoms with Gasteiger partial charge < -0.3 is 4.42 Å². The molecule has 0 fully saturated rings. The van der Waals surface area contributed by atoms with Crippen molar-refractivity contribution in [3.05, 3.63) is 28.6 Å². The summed E-state index contributed by atoms with van der Waals surface area (Å²) in [7, 11) is 0. The molecular formula is C9H8ClNO. The zero-order chi connectivity index (χ0) is 8.72. The number of nitrogens with zero attached hydrogens (tertiary/aromatic N) is 1. The Bertz CT molecular complexity index is 433. The molecule has 2 rings (SSSR count). The summed E-state index contributed by atoms with van der Waals surface area (Å²) in [6, 6.07) is 3.68. The van der Waals surface area contributed by atoms with Crippen LogP contribution < -0.4 is 0 Å². The summed E-state index contributed by atoms with van der Waals surface area (Å²) in [5.74, 6) is 0.676. The molecule has 0 spiro atoms. The summed E-state index contributed by atoms with van der Waals surface area (Å²) in [6.07, 6.45) is 0. The van der Waals surface area contributed by atoms with Crippen molar-refractivity contribution in [2.45, 2.75) is 13.8 Å². The standard InChI is InChI=1S/C9H8ClNO/c1-5-3-7(10)4-8-9(5)12-6(2)11-8/h3-4H,1-2H3. The molecule has 2 aromatic rings. The molecule has 3 heteroatoms. The van der Waals surface area contributed by atoms with Gasteiger partial charge in [-0.05, 0) is 24.6 Å². The molecule has 0 saturated carbocycles. The fourth-order valence-corrected chi connectivity index (χ4v) is 1.54. The Morgan fingerprint density at radius 3 is 2.83 bits per heavy atom. The van der Waals surface area contributed by atoms with Gasteiger partial charge in [0, 0.05) is 11.9 Å². The monoisotopic (exact) mass is 181 g/mol. The van der Waals surface area contributed by atoms with E-state index in [0.717, 1.165) is 16.7 Å². The number of hydrogen-bond acceptors (Lipinski definition) is 2. The van der Waals surface area contributed by atoms with E-state index in [4.69, 9.17) is 16.0 Å². The molecule has 0 unspecified atom stereocenters. The van der Waals surface area contributed by atoms with E-state index < -0.39 is 0 Å². The van der Waals surface area contributed by atoms with Crippen molar-refractivity contribution in [2.75, 3.05) is 0 Å². The van der Waals surface area contributed by atoms with Gasteiger partial charge in [-0.2, -0.15) is 0 Å². The van der Waals surface area contributed by atoms with Gasteiger partial charge in [-0.1, -0.05) is 11.6 Å². The lowest BCUT2D eigenvalue weighted by molar-refractivity contribution is 0.559. The first kappa shape index (κ1) is 7.62. The maximum absolute atomic E-state index is 5.85. The Morgan fingerprint density at radius 1 is 1.33 bits per heavy atom. The van der Waals surface area contributed by atoms with Crippen LogP contribution in [0.5, 0.6) is 0 Å². The molecule has 0 bridgehead atoms. The van der Waals surface area contributed by atoms with Crippen molar-refractivity contribution in [1.82, 2.24) is 4.98 Å². The van der Waals surface area contributed by atoms with Gasteiger partial charge >= 0.3 is 0 Å². The van der Waals surface area contributed by atoms with Gasteiger partial charge in [0.05, 0.1) is 0 Å². The Balaban J connectivity index is 2.88. The van der Waals surface area contributed by atoms with Crippen LogP contribution in [0.4, 0.5) is 0 Å². The Hall–Kier alpha value is -1.02. The molecule has 0 amide bonds. The molecule has 1 heterocycles. The molecule has 0 atom stereocenters. The second-order valence-electron chi connectivity index (χ2n) is 2.80. The summed E-state index contributed by atoms with van der Waals surface area (Å²) in [5.41, 5.74) is 2.69. The molecule has 1 aromatic carbocycles. The molecule has 62 valence electrons. The van der Waals surface area contributed by atoms with Crippen LogP contribution in [0.3, 0.4) is 0 Å². The minimum Gasteiger partial charge on any atom is -0.441 e. The summed E-state index contributed by atoms with van der Waals surface area (Å²) in [5, 5.41) is 0.702. The van der Waals surface area contributed by atoms with Crippen LogP contribution in [0.15, 0.2) is 16.5 Å². The van der Waals surface area contributed by atoms with Crippen molar-refractivity contribution in [2.24, 2.45) is 0 Å². The zero-order valence-corrected chi connectivity index (χ0v) is 7.64. The SMILES string of the molecule is Cc1nc2cc(Cl)cc(C)c2o1. The van der Waals surface area contributed by atoms with Gasteiger partial charge in [-0.3, -0.25) is 0 Å². The second-order valence-corrected chi connectivity index (χ2v) is 3.24. The lowest BCUT2D eigenvalue weighted by atomic mass is 10.2. The Labute approximate surface area is 75.2 Å². The third-order valence-corrected chi connectivity index (χ3v) is 1.97. The number of hydrogen-bond donors (Lipinski definition) is 0. The van der Waals surface area contributed by atoms with Gasteiger partial charge in [-0.15, -0.1) is 0 Å². The van der Waals surface area contributed by atoms with Crippen molar-refractivity contribution >= 4 is 22.7 Å². The fourth-order valence-electron chi connectivity index (χ4n) is 1.27. The van der Waals surface area contributed by atoms with Crippen LogP contribution in [0.25, 0.3) is 11.1 Å². The molecule has 2 nitrogen and oxygen atoms in total. The normalized spacial score (nSPS) is 10.9. The number of halogens is 1. The van der Waals surface area contributed by atoms with E-state index in [1.807, 2.05) is 19.9 Å². The molecular weight excluding hydrogens is 174 g/mol. The van der Waals surface area contributed by atoms with Gasteiger partial charge in [0.2, 0.25) is 0 Å². The van der Waals surface area contributed by atoms with Crippen molar-refractivity contribution < 1.29 is 4.42 Å². The van der Waals surface area contributed by atoms with Crippen molar-refractivity contribution in [1.29, 1.82) is 0 Å². The van der Waals surface area contributed by atoms with Crippen LogP contribution in [0.2, 0.25) is 5.02 Å². The first-order chi connectivity index (χ1) is 5.66. The van der Waals surface area contributed by atoms with E-state index in [2.05, 4.69) is 4.98 Å². The zero-order valence-electron chi connectivity index (χ0n) is 6.89. The van der Waals surface area contributed by atoms with Gasteiger partial charge in [0.25, 0.3) is 0 Å². The average molecular weight is 182 g/mol.